The van der Waals surface area contributed by atoms with Crippen LogP contribution in [-0.2, 0) is 6.54 Å². The zero-order chi connectivity index (χ0) is 13.3. The maximum Gasteiger partial charge on any atom is 0.263 e. The smallest absolute Gasteiger partial charge is 0.263 e. The summed E-state index contributed by atoms with van der Waals surface area (Å²) in [6, 6.07) is 1.87. The molecule has 5 nitrogen and oxygen atoms in total. The monoisotopic (exact) mass is 248 g/mol. The van der Waals surface area contributed by atoms with Crippen molar-refractivity contribution < 1.29 is 0 Å². The number of hydrogen-bond acceptors (Lipinski definition) is 3. The van der Waals surface area contributed by atoms with Gasteiger partial charge in [-0.15, -0.1) is 0 Å². The Morgan fingerprint density at radius 1 is 1.39 bits per heavy atom. The minimum absolute atomic E-state index is 0.0561. The van der Waals surface area contributed by atoms with Crippen molar-refractivity contribution in [1.29, 1.82) is 0 Å². The third-order valence-electron chi connectivity index (χ3n) is 3.06. The average molecular weight is 248 g/mol. The highest BCUT2D eigenvalue weighted by Crippen LogP contribution is 2.09. The third-order valence-corrected chi connectivity index (χ3v) is 3.06. The van der Waals surface area contributed by atoms with Gasteiger partial charge in [-0.05, 0) is 47.0 Å². The number of hydrogen-bond donors (Lipinski definition) is 1. The molecule has 0 saturated heterocycles. The lowest BCUT2D eigenvalue weighted by molar-refractivity contribution is 0.383. The summed E-state index contributed by atoms with van der Waals surface area (Å²) < 4.78 is 1.76. The van der Waals surface area contributed by atoms with Gasteiger partial charge in [0.25, 0.3) is 5.56 Å². The number of nitrogens with one attached hydrogen (secondary N) is 1. The molecule has 0 bridgehead atoms. The molecule has 2 aromatic rings. The quantitative estimate of drug-likeness (QED) is 0.887. The third kappa shape index (κ3) is 2.46. The summed E-state index contributed by atoms with van der Waals surface area (Å²) >= 11 is 0. The lowest BCUT2D eigenvalue weighted by atomic mass is 10.3. The predicted molar refractivity (Wildman–Crippen MR) is 73.0 cm³/mol. The molecule has 0 atom stereocenters. The van der Waals surface area contributed by atoms with E-state index < -0.39 is 0 Å². The van der Waals surface area contributed by atoms with E-state index in [1.165, 1.54) is 0 Å². The van der Waals surface area contributed by atoms with Crippen LogP contribution in [0.5, 0.6) is 0 Å². The molecule has 0 aromatic carbocycles. The van der Waals surface area contributed by atoms with E-state index in [1.807, 2.05) is 34.0 Å². The van der Waals surface area contributed by atoms with Crippen molar-refractivity contribution in [2.75, 3.05) is 20.6 Å². The number of aromatic nitrogens is 3. The Morgan fingerprint density at radius 2 is 2.11 bits per heavy atom. The van der Waals surface area contributed by atoms with Crippen molar-refractivity contribution in [3.63, 3.8) is 0 Å². The van der Waals surface area contributed by atoms with E-state index in [1.54, 1.807) is 4.57 Å². The molecule has 2 aromatic heterocycles. The first-order valence-corrected chi connectivity index (χ1v) is 6.20. The second-order valence-corrected chi connectivity index (χ2v) is 4.99. The van der Waals surface area contributed by atoms with Gasteiger partial charge in [-0.3, -0.25) is 9.36 Å². The zero-order valence-corrected chi connectivity index (χ0v) is 11.4. The first-order chi connectivity index (χ1) is 8.49. The van der Waals surface area contributed by atoms with Gasteiger partial charge < -0.3 is 9.88 Å². The molecule has 0 aliphatic rings. The number of aryl methyl sites for hydroxylation is 2. The van der Waals surface area contributed by atoms with Crippen molar-refractivity contribution in [2.24, 2.45) is 0 Å². The Kier molecular flexibility index (Phi) is 3.52. The molecule has 0 amide bonds. The first-order valence-electron chi connectivity index (χ1n) is 6.20. The maximum atomic E-state index is 12.3. The highest BCUT2D eigenvalue weighted by atomic mass is 16.1. The second-order valence-electron chi connectivity index (χ2n) is 4.99. The van der Waals surface area contributed by atoms with E-state index in [0.29, 0.717) is 11.0 Å². The van der Waals surface area contributed by atoms with Gasteiger partial charge >= 0.3 is 0 Å². The van der Waals surface area contributed by atoms with Crippen LogP contribution in [-0.4, -0.2) is 40.1 Å². The first kappa shape index (κ1) is 12.8. The van der Waals surface area contributed by atoms with Gasteiger partial charge in [0.05, 0.1) is 5.39 Å². The molecule has 98 valence electrons. The molecule has 2 rings (SSSR count). The zero-order valence-electron chi connectivity index (χ0n) is 11.4. The Labute approximate surface area is 106 Å². The van der Waals surface area contributed by atoms with E-state index in [2.05, 4.69) is 14.9 Å². The Morgan fingerprint density at radius 3 is 2.78 bits per heavy atom. The van der Waals surface area contributed by atoms with Crippen LogP contribution < -0.4 is 5.56 Å². The molecule has 0 aliphatic carbocycles. The second kappa shape index (κ2) is 4.94. The van der Waals surface area contributed by atoms with Crippen LogP contribution in [0.2, 0.25) is 0 Å². The standard InChI is InChI=1S/C13H20N4O/c1-9-8-11-12(14-9)15-10(2)17(13(11)18)7-5-6-16(3)4/h8,14H,5-7H2,1-4H3. The van der Waals surface area contributed by atoms with E-state index in [-0.39, 0.29) is 5.56 Å². The molecule has 0 fully saturated rings. The maximum absolute atomic E-state index is 12.3. The van der Waals surface area contributed by atoms with E-state index in [9.17, 15) is 4.79 Å². The van der Waals surface area contributed by atoms with Crippen LogP contribution in [0.4, 0.5) is 0 Å². The summed E-state index contributed by atoms with van der Waals surface area (Å²) in [6.07, 6.45) is 0.949. The summed E-state index contributed by atoms with van der Waals surface area (Å²) in [5.41, 5.74) is 1.72. The lowest BCUT2D eigenvalue weighted by Gasteiger charge is -2.12. The van der Waals surface area contributed by atoms with Gasteiger partial charge in [-0.1, -0.05) is 0 Å². The van der Waals surface area contributed by atoms with Crippen molar-refractivity contribution in [1.82, 2.24) is 19.4 Å². The molecular weight excluding hydrogens is 228 g/mol. The molecule has 0 saturated carbocycles. The van der Waals surface area contributed by atoms with Crippen LogP contribution in [0.3, 0.4) is 0 Å². The fourth-order valence-corrected chi connectivity index (χ4v) is 2.15. The molecule has 0 aliphatic heterocycles. The molecular formula is C13H20N4O. The van der Waals surface area contributed by atoms with Crippen molar-refractivity contribution in [2.45, 2.75) is 26.8 Å². The molecule has 0 radical (unpaired) electrons. The van der Waals surface area contributed by atoms with Gasteiger partial charge in [0.15, 0.2) is 0 Å². The molecule has 2 heterocycles. The summed E-state index contributed by atoms with van der Waals surface area (Å²) in [5.74, 6) is 0.771. The Balaban J connectivity index is 2.35. The van der Waals surface area contributed by atoms with Crippen molar-refractivity contribution in [3.8, 4) is 0 Å². The number of fused-ring (bicyclic) bond motifs is 1. The topological polar surface area (TPSA) is 53.9 Å². The van der Waals surface area contributed by atoms with Gasteiger partial charge in [0, 0.05) is 12.2 Å². The number of rotatable bonds is 4. The summed E-state index contributed by atoms with van der Waals surface area (Å²) in [5, 5.41) is 0.683. The number of H-pyrrole nitrogens is 1. The number of nitrogens with zero attached hydrogens (tertiary/aromatic N) is 3. The van der Waals surface area contributed by atoms with Crippen LogP contribution in [0.25, 0.3) is 11.0 Å². The minimum atomic E-state index is 0.0561. The van der Waals surface area contributed by atoms with E-state index in [4.69, 9.17) is 0 Å². The largest absolute Gasteiger partial charge is 0.343 e. The van der Waals surface area contributed by atoms with Crippen LogP contribution in [0.15, 0.2) is 10.9 Å². The fourth-order valence-electron chi connectivity index (χ4n) is 2.15. The highest BCUT2D eigenvalue weighted by Gasteiger charge is 2.09. The highest BCUT2D eigenvalue weighted by molar-refractivity contribution is 5.75. The number of aromatic amines is 1. The SMILES string of the molecule is Cc1cc2c(=O)n(CCCN(C)C)c(C)nc2[nH]1. The van der Waals surface area contributed by atoms with Gasteiger partial charge in [0.1, 0.15) is 11.5 Å². The van der Waals surface area contributed by atoms with Crippen molar-refractivity contribution >= 4 is 11.0 Å². The Bertz CT molecular complexity index is 609. The van der Waals surface area contributed by atoms with Crippen LogP contribution in [0, 0.1) is 13.8 Å². The lowest BCUT2D eigenvalue weighted by Crippen LogP contribution is -2.25. The van der Waals surface area contributed by atoms with E-state index in [0.717, 1.165) is 31.0 Å². The molecule has 0 spiro atoms. The van der Waals surface area contributed by atoms with Crippen molar-refractivity contribution in [3.05, 3.63) is 27.9 Å². The van der Waals surface area contributed by atoms with Gasteiger partial charge in [0.2, 0.25) is 0 Å². The van der Waals surface area contributed by atoms with Gasteiger partial charge in [-0.2, -0.15) is 0 Å². The summed E-state index contributed by atoms with van der Waals surface area (Å²) in [7, 11) is 4.07. The van der Waals surface area contributed by atoms with Gasteiger partial charge in [-0.25, -0.2) is 4.98 Å². The molecule has 18 heavy (non-hydrogen) atoms. The fraction of sp³-hybridized carbons (Fsp3) is 0.538. The van der Waals surface area contributed by atoms with Crippen LogP contribution in [0.1, 0.15) is 17.9 Å². The summed E-state index contributed by atoms with van der Waals surface area (Å²) in [4.78, 5) is 22.0. The predicted octanol–water partition coefficient (Wildman–Crippen LogP) is 1.29. The van der Waals surface area contributed by atoms with Crippen LogP contribution >= 0.6 is 0 Å². The normalized spacial score (nSPS) is 11.6. The molecule has 5 heteroatoms. The van der Waals surface area contributed by atoms with E-state index >= 15 is 0 Å². The average Bonchev–Trinajstić information content (AvgIpc) is 2.63. The summed E-state index contributed by atoms with van der Waals surface area (Å²) in [6.45, 7) is 5.51. The Hall–Kier alpha value is -1.62. The molecule has 1 N–H and O–H groups in total. The molecule has 0 unspecified atom stereocenters. The minimum Gasteiger partial charge on any atom is -0.343 e.